The minimum Gasteiger partial charge on any atom is -0.381 e. The molecule has 1 aromatic rings. The van der Waals surface area contributed by atoms with Crippen LogP contribution in [0.5, 0.6) is 0 Å². The molecule has 0 spiro atoms. The summed E-state index contributed by atoms with van der Waals surface area (Å²) in [5, 5.41) is 8.67. The lowest BCUT2D eigenvalue weighted by atomic mass is 10.1. The molecule has 0 unspecified atom stereocenters. The van der Waals surface area contributed by atoms with Crippen LogP contribution < -0.4 is 10.6 Å². The first-order valence-electron chi connectivity index (χ1n) is 8.47. The number of allylic oxidation sites excluding steroid dienone is 1. The van der Waals surface area contributed by atoms with Crippen LogP contribution in [-0.4, -0.2) is 24.8 Å². The quantitative estimate of drug-likeness (QED) is 0.417. The van der Waals surface area contributed by atoms with Crippen LogP contribution in [0.2, 0.25) is 0 Å². The van der Waals surface area contributed by atoms with Crippen molar-refractivity contribution in [2.75, 3.05) is 19.8 Å². The van der Waals surface area contributed by atoms with Crippen LogP contribution in [0, 0.1) is 0 Å². The molecule has 1 aromatic heterocycles. The Morgan fingerprint density at radius 3 is 2.78 bits per heavy atom. The molecule has 0 aliphatic carbocycles. The Labute approximate surface area is 146 Å². The fourth-order valence-electron chi connectivity index (χ4n) is 2.41. The van der Waals surface area contributed by atoms with E-state index >= 15 is 0 Å². The molecule has 0 fully saturated rings. The van der Waals surface area contributed by atoms with Crippen molar-refractivity contribution in [3.63, 3.8) is 0 Å². The second-order valence-corrected chi connectivity index (χ2v) is 6.35. The molecule has 1 rings (SSSR count). The zero-order valence-corrected chi connectivity index (χ0v) is 15.4. The molecule has 0 saturated carbocycles. The van der Waals surface area contributed by atoms with E-state index in [1.54, 1.807) is 11.8 Å². The number of nitrogens with zero attached hydrogens (tertiary/aromatic N) is 1. The average Bonchev–Trinajstić information content (AvgIpc) is 2.58. The maximum absolute atomic E-state index is 4.49. The van der Waals surface area contributed by atoms with Gasteiger partial charge < -0.3 is 10.6 Å². The third kappa shape index (κ3) is 9.47. The molecule has 0 radical (unpaired) electrons. The summed E-state index contributed by atoms with van der Waals surface area (Å²) < 4.78 is 0. The van der Waals surface area contributed by atoms with Crippen molar-refractivity contribution < 1.29 is 0 Å². The maximum Gasteiger partial charge on any atom is 0.0407 e. The summed E-state index contributed by atoms with van der Waals surface area (Å²) in [6.07, 6.45) is 13.4. The van der Waals surface area contributed by atoms with E-state index in [4.69, 9.17) is 0 Å². The minimum absolute atomic E-state index is 0.817. The van der Waals surface area contributed by atoms with Gasteiger partial charge in [0.05, 0.1) is 0 Å². The summed E-state index contributed by atoms with van der Waals surface area (Å²) in [6, 6.07) is 4.29. The summed E-state index contributed by atoms with van der Waals surface area (Å²) in [4.78, 5) is 4.49. The van der Waals surface area contributed by atoms with Crippen LogP contribution >= 0.6 is 11.8 Å². The largest absolute Gasteiger partial charge is 0.381 e. The van der Waals surface area contributed by atoms with Crippen LogP contribution in [0.3, 0.4) is 0 Å². The SMILES string of the molecule is C=C/C(=C/SC)NCc1ccnc(CCCCCCCNC)c1. The van der Waals surface area contributed by atoms with E-state index < -0.39 is 0 Å². The molecule has 0 aliphatic rings. The van der Waals surface area contributed by atoms with Gasteiger partial charge in [-0.05, 0) is 68.3 Å². The minimum atomic E-state index is 0.817. The highest BCUT2D eigenvalue weighted by atomic mass is 32.2. The number of rotatable bonds is 13. The van der Waals surface area contributed by atoms with E-state index in [2.05, 4.69) is 46.0 Å². The van der Waals surface area contributed by atoms with Gasteiger partial charge >= 0.3 is 0 Å². The fourth-order valence-corrected chi connectivity index (χ4v) is 2.84. The molecule has 0 atom stereocenters. The van der Waals surface area contributed by atoms with E-state index in [0.29, 0.717) is 0 Å². The first kappa shape index (κ1) is 19.8. The molecule has 1 heterocycles. The Morgan fingerprint density at radius 1 is 1.26 bits per heavy atom. The second-order valence-electron chi connectivity index (χ2n) is 5.64. The summed E-state index contributed by atoms with van der Waals surface area (Å²) in [7, 11) is 2.02. The predicted molar refractivity (Wildman–Crippen MR) is 104 cm³/mol. The molecule has 3 nitrogen and oxygen atoms in total. The lowest BCUT2D eigenvalue weighted by Crippen LogP contribution is -2.11. The van der Waals surface area contributed by atoms with Gasteiger partial charge in [-0.15, -0.1) is 11.8 Å². The maximum atomic E-state index is 4.49. The van der Waals surface area contributed by atoms with Crippen molar-refractivity contribution in [1.82, 2.24) is 15.6 Å². The highest BCUT2D eigenvalue weighted by Crippen LogP contribution is 2.10. The van der Waals surface area contributed by atoms with E-state index in [-0.39, 0.29) is 0 Å². The van der Waals surface area contributed by atoms with Crippen molar-refractivity contribution in [2.24, 2.45) is 0 Å². The third-order valence-electron chi connectivity index (χ3n) is 3.70. The van der Waals surface area contributed by atoms with Crippen LogP contribution in [0.1, 0.15) is 43.4 Å². The van der Waals surface area contributed by atoms with Gasteiger partial charge in [-0.2, -0.15) is 0 Å². The first-order valence-corrected chi connectivity index (χ1v) is 9.76. The third-order valence-corrected chi connectivity index (χ3v) is 4.19. The zero-order chi connectivity index (χ0) is 16.8. The Balaban J connectivity index is 2.30. The number of hydrogen-bond acceptors (Lipinski definition) is 4. The summed E-state index contributed by atoms with van der Waals surface area (Å²) >= 11 is 1.68. The molecule has 0 saturated heterocycles. The average molecular weight is 334 g/mol. The normalized spacial score (nSPS) is 11.5. The topological polar surface area (TPSA) is 37.0 Å². The zero-order valence-electron chi connectivity index (χ0n) is 14.6. The molecular formula is C19H31N3S. The van der Waals surface area contributed by atoms with Crippen molar-refractivity contribution >= 4 is 11.8 Å². The van der Waals surface area contributed by atoms with Crippen molar-refractivity contribution in [2.45, 2.75) is 45.1 Å². The van der Waals surface area contributed by atoms with Crippen molar-refractivity contribution in [3.8, 4) is 0 Å². The Bertz CT molecular complexity index is 471. The molecule has 0 aliphatic heterocycles. The molecule has 4 heteroatoms. The Morgan fingerprint density at radius 2 is 2.04 bits per heavy atom. The van der Waals surface area contributed by atoms with E-state index in [1.165, 1.54) is 43.4 Å². The van der Waals surface area contributed by atoms with Gasteiger partial charge in [0.25, 0.3) is 0 Å². The van der Waals surface area contributed by atoms with E-state index in [0.717, 1.165) is 25.2 Å². The molecular weight excluding hydrogens is 302 g/mol. The van der Waals surface area contributed by atoms with Crippen molar-refractivity contribution in [3.05, 3.63) is 53.3 Å². The number of pyridine rings is 1. The van der Waals surface area contributed by atoms with Gasteiger partial charge in [0.15, 0.2) is 0 Å². The lowest BCUT2D eigenvalue weighted by Gasteiger charge is -2.08. The number of hydrogen-bond donors (Lipinski definition) is 2. The smallest absolute Gasteiger partial charge is 0.0407 e. The van der Waals surface area contributed by atoms with E-state index in [1.807, 2.05) is 19.3 Å². The van der Waals surface area contributed by atoms with E-state index in [9.17, 15) is 0 Å². The van der Waals surface area contributed by atoms with Gasteiger partial charge in [-0.25, -0.2) is 0 Å². The predicted octanol–water partition coefficient (Wildman–Crippen LogP) is 4.27. The Hall–Kier alpha value is -1.26. The second kappa shape index (κ2) is 13.2. The standard InChI is InChI=1S/C19H31N3S/c1-4-18(16-23-3)22-15-17-11-13-21-19(14-17)10-8-6-5-7-9-12-20-2/h4,11,13-14,16,20,22H,1,5-10,12,15H2,2-3H3/b18-16-. The first-order chi connectivity index (χ1) is 11.3. The van der Waals surface area contributed by atoms with Gasteiger partial charge in [0.1, 0.15) is 0 Å². The van der Waals surface area contributed by atoms with Crippen molar-refractivity contribution in [1.29, 1.82) is 0 Å². The van der Waals surface area contributed by atoms with Crippen LogP contribution in [-0.2, 0) is 13.0 Å². The van der Waals surface area contributed by atoms with Gasteiger partial charge in [-0.1, -0.05) is 25.8 Å². The van der Waals surface area contributed by atoms with Crippen LogP contribution in [0.4, 0.5) is 0 Å². The van der Waals surface area contributed by atoms with Crippen LogP contribution in [0.15, 0.2) is 42.1 Å². The van der Waals surface area contributed by atoms with Gasteiger partial charge in [0.2, 0.25) is 0 Å². The number of aryl methyl sites for hydroxylation is 1. The van der Waals surface area contributed by atoms with Gasteiger partial charge in [-0.3, -0.25) is 4.98 Å². The van der Waals surface area contributed by atoms with Crippen LogP contribution in [0.25, 0.3) is 0 Å². The summed E-state index contributed by atoms with van der Waals surface area (Å²) in [5.74, 6) is 0. The summed E-state index contributed by atoms with van der Waals surface area (Å²) in [5.41, 5.74) is 3.55. The van der Waals surface area contributed by atoms with Gasteiger partial charge in [0, 0.05) is 24.1 Å². The number of unbranched alkanes of at least 4 members (excludes halogenated alkanes) is 4. The Kier molecular flexibility index (Phi) is 11.4. The number of thioether (sulfide) groups is 1. The lowest BCUT2D eigenvalue weighted by molar-refractivity contribution is 0.594. The molecule has 23 heavy (non-hydrogen) atoms. The highest BCUT2D eigenvalue weighted by molar-refractivity contribution is 8.01. The molecule has 0 bridgehead atoms. The monoisotopic (exact) mass is 333 g/mol. The molecule has 2 N–H and O–H groups in total. The highest BCUT2D eigenvalue weighted by Gasteiger charge is 1.99. The fraction of sp³-hybridized carbons (Fsp3) is 0.526. The molecule has 0 aromatic carbocycles. The molecule has 128 valence electrons. The summed E-state index contributed by atoms with van der Waals surface area (Å²) in [6.45, 7) is 5.78. The number of nitrogens with one attached hydrogen (secondary N) is 2. The molecule has 0 amide bonds. The number of aromatic nitrogens is 1.